The lowest BCUT2D eigenvalue weighted by Crippen LogP contribution is -2.06. The maximum Gasteiger partial charge on any atom is 0.191 e. The Morgan fingerprint density at radius 1 is 1.91 bits per heavy atom. The van der Waals surface area contributed by atoms with Crippen LogP contribution < -0.4 is 0 Å². The molecule has 0 aliphatic heterocycles. The minimum atomic E-state index is -0.560. The van der Waals surface area contributed by atoms with Gasteiger partial charge in [-0.05, 0) is 6.92 Å². The molecule has 11 heavy (non-hydrogen) atoms. The second-order valence-electron chi connectivity index (χ2n) is 2.08. The van der Waals surface area contributed by atoms with Crippen LogP contribution in [0.15, 0.2) is 11.7 Å². The summed E-state index contributed by atoms with van der Waals surface area (Å²) < 4.78 is 0. The van der Waals surface area contributed by atoms with Gasteiger partial charge in [0.1, 0.15) is 5.92 Å². The number of carbonyl (C=O) groups excluding carboxylic acids is 1. The summed E-state index contributed by atoms with van der Waals surface area (Å²) in [5, 5.41) is 8.42. The Hall–Kier alpha value is -1.21. The Bertz CT molecular complexity index is 286. The molecule has 1 aromatic heterocycles. The molecule has 3 nitrogen and oxygen atoms in total. The maximum atomic E-state index is 11.2. The molecule has 0 aliphatic carbocycles. The van der Waals surface area contributed by atoms with Gasteiger partial charge < -0.3 is 0 Å². The standard InChI is InChI=1S/C7H6N2OS/c1-5(2-8)7(10)6-3-9-4-11-6/h3-5H,1H3. The normalized spacial score (nSPS) is 12.0. The van der Waals surface area contributed by atoms with Gasteiger partial charge in [-0.3, -0.25) is 9.78 Å². The van der Waals surface area contributed by atoms with Crippen LogP contribution in [-0.4, -0.2) is 10.8 Å². The van der Waals surface area contributed by atoms with E-state index in [9.17, 15) is 4.79 Å². The van der Waals surface area contributed by atoms with Crippen LogP contribution in [-0.2, 0) is 0 Å². The van der Waals surface area contributed by atoms with Gasteiger partial charge in [-0.15, -0.1) is 11.3 Å². The van der Waals surface area contributed by atoms with E-state index >= 15 is 0 Å². The molecule has 1 unspecified atom stereocenters. The molecular weight excluding hydrogens is 160 g/mol. The van der Waals surface area contributed by atoms with E-state index in [1.54, 1.807) is 12.4 Å². The summed E-state index contributed by atoms with van der Waals surface area (Å²) in [7, 11) is 0. The van der Waals surface area contributed by atoms with Crippen molar-refractivity contribution in [2.75, 3.05) is 0 Å². The SMILES string of the molecule is CC(C#N)C(=O)c1cncs1. The number of Topliss-reactive ketones (excluding diaryl/α,β-unsaturated/α-hetero) is 1. The summed E-state index contributed by atoms with van der Waals surface area (Å²) in [6, 6.07) is 1.88. The molecule has 0 saturated heterocycles. The molecule has 1 heterocycles. The first-order chi connectivity index (χ1) is 5.25. The molecule has 0 fully saturated rings. The molecule has 0 aliphatic rings. The number of carbonyl (C=O) groups is 1. The van der Waals surface area contributed by atoms with E-state index < -0.39 is 5.92 Å². The Balaban J connectivity index is 2.81. The van der Waals surface area contributed by atoms with Crippen LogP contribution in [0.2, 0.25) is 0 Å². The molecule has 0 aromatic carbocycles. The number of nitrogens with zero attached hydrogens (tertiary/aromatic N) is 2. The van der Waals surface area contributed by atoms with Crippen molar-refractivity contribution in [1.29, 1.82) is 5.26 Å². The van der Waals surface area contributed by atoms with Crippen molar-refractivity contribution in [3.8, 4) is 6.07 Å². The Kier molecular flexibility index (Phi) is 2.34. The topological polar surface area (TPSA) is 53.8 Å². The van der Waals surface area contributed by atoms with Crippen molar-refractivity contribution in [3.63, 3.8) is 0 Å². The lowest BCUT2D eigenvalue weighted by molar-refractivity contribution is 0.0960. The largest absolute Gasteiger partial charge is 0.292 e. The van der Waals surface area contributed by atoms with Crippen molar-refractivity contribution in [2.24, 2.45) is 5.92 Å². The third-order valence-corrected chi connectivity index (χ3v) is 2.05. The molecule has 0 spiro atoms. The fourth-order valence-corrected chi connectivity index (χ4v) is 1.26. The quantitative estimate of drug-likeness (QED) is 0.625. The van der Waals surface area contributed by atoms with Crippen LogP contribution in [0.5, 0.6) is 0 Å². The highest BCUT2D eigenvalue weighted by Gasteiger charge is 2.14. The Morgan fingerprint density at radius 3 is 3.09 bits per heavy atom. The predicted octanol–water partition coefficient (Wildman–Crippen LogP) is 1.49. The summed E-state index contributed by atoms with van der Waals surface area (Å²) in [5.74, 6) is -0.703. The lowest BCUT2D eigenvalue weighted by Gasteiger charge is -1.94. The second kappa shape index (κ2) is 3.26. The Morgan fingerprint density at radius 2 is 2.64 bits per heavy atom. The van der Waals surface area contributed by atoms with Crippen molar-refractivity contribution in [1.82, 2.24) is 4.98 Å². The number of nitriles is 1. The van der Waals surface area contributed by atoms with E-state index in [4.69, 9.17) is 5.26 Å². The molecule has 1 atom stereocenters. The third kappa shape index (κ3) is 1.63. The third-order valence-electron chi connectivity index (χ3n) is 1.26. The summed E-state index contributed by atoms with van der Waals surface area (Å²) >= 11 is 1.26. The zero-order valence-electron chi connectivity index (χ0n) is 5.94. The summed E-state index contributed by atoms with van der Waals surface area (Å²) in [4.78, 5) is 15.5. The molecule has 1 aromatic rings. The molecule has 4 heteroatoms. The van der Waals surface area contributed by atoms with Crippen LogP contribution in [0.25, 0.3) is 0 Å². The molecule has 0 bridgehead atoms. The van der Waals surface area contributed by atoms with E-state index in [1.807, 2.05) is 6.07 Å². The number of hydrogen-bond donors (Lipinski definition) is 0. The zero-order chi connectivity index (χ0) is 8.27. The molecular formula is C7H6N2OS. The number of thiazole rings is 1. The van der Waals surface area contributed by atoms with Crippen LogP contribution in [0.1, 0.15) is 16.6 Å². The Labute approximate surface area is 68.3 Å². The van der Waals surface area contributed by atoms with Crippen molar-refractivity contribution in [3.05, 3.63) is 16.6 Å². The van der Waals surface area contributed by atoms with Gasteiger partial charge in [0.2, 0.25) is 0 Å². The summed E-state index contributed by atoms with van der Waals surface area (Å²) in [6.45, 7) is 1.59. The van der Waals surface area contributed by atoms with Crippen LogP contribution >= 0.6 is 11.3 Å². The zero-order valence-corrected chi connectivity index (χ0v) is 6.76. The number of aromatic nitrogens is 1. The van der Waals surface area contributed by atoms with Crippen molar-refractivity contribution in [2.45, 2.75) is 6.92 Å². The predicted molar refractivity (Wildman–Crippen MR) is 41.2 cm³/mol. The van der Waals surface area contributed by atoms with E-state index in [-0.39, 0.29) is 5.78 Å². The number of rotatable bonds is 2. The maximum absolute atomic E-state index is 11.2. The van der Waals surface area contributed by atoms with Gasteiger partial charge in [-0.1, -0.05) is 0 Å². The highest BCUT2D eigenvalue weighted by atomic mass is 32.1. The molecule has 0 radical (unpaired) electrons. The minimum Gasteiger partial charge on any atom is -0.292 e. The van der Waals surface area contributed by atoms with Crippen LogP contribution in [0.3, 0.4) is 0 Å². The smallest absolute Gasteiger partial charge is 0.191 e. The molecule has 0 amide bonds. The average molecular weight is 166 g/mol. The first kappa shape index (κ1) is 7.89. The van der Waals surface area contributed by atoms with Gasteiger partial charge in [0.05, 0.1) is 16.5 Å². The van der Waals surface area contributed by atoms with Crippen molar-refractivity contribution >= 4 is 17.1 Å². The molecule has 0 saturated carbocycles. The van der Waals surface area contributed by atoms with E-state index in [0.717, 1.165) is 0 Å². The van der Waals surface area contributed by atoms with Gasteiger partial charge >= 0.3 is 0 Å². The molecule has 0 N–H and O–H groups in total. The van der Waals surface area contributed by atoms with Crippen LogP contribution in [0.4, 0.5) is 0 Å². The number of hydrogen-bond acceptors (Lipinski definition) is 4. The monoisotopic (exact) mass is 166 g/mol. The van der Waals surface area contributed by atoms with E-state index in [0.29, 0.717) is 4.88 Å². The highest BCUT2D eigenvalue weighted by Crippen LogP contribution is 2.11. The van der Waals surface area contributed by atoms with Gasteiger partial charge in [-0.25, -0.2) is 0 Å². The first-order valence-electron chi connectivity index (χ1n) is 3.08. The first-order valence-corrected chi connectivity index (χ1v) is 3.96. The van der Waals surface area contributed by atoms with E-state index in [1.165, 1.54) is 17.5 Å². The molecule has 56 valence electrons. The van der Waals surface area contributed by atoms with E-state index in [2.05, 4.69) is 4.98 Å². The average Bonchev–Trinajstić information content (AvgIpc) is 2.53. The van der Waals surface area contributed by atoms with Crippen molar-refractivity contribution < 1.29 is 4.79 Å². The second-order valence-corrected chi connectivity index (χ2v) is 2.97. The minimum absolute atomic E-state index is 0.144. The van der Waals surface area contributed by atoms with Gasteiger partial charge in [0.25, 0.3) is 0 Å². The highest BCUT2D eigenvalue weighted by molar-refractivity contribution is 7.11. The lowest BCUT2D eigenvalue weighted by atomic mass is 10.1. The fourth-order valence-electron chi connectivity index (χ4n) is 0.609. The van der Waals surface area contributed by atoms with Gasteiger partial charge in [0, 0.05) is 6.20 Å². The van der Waals surface area contributed by atoms with Gasteiger partial charge in [-0.2, -0.15) is 5.26 Å². The van der Waals surface area contributed by atoms with Gasteiger partial charge in [0.15, 0.2) is 5.78 Å². The number of ketones is 1. The fraction of sp³-hybridized carbons (Fsp3) is 0.286. The summed E-state index contributed by atoms with van der Waals surface area (Å²) in [6.07, 6.45) is 1.49. The molecule has 1 rings (SSSR count). The van der Waals surface area contributed by atoms with Crippen LogP contribution in [0, 0.1) is 17.2 Å². The summed E-state index contributed by atoms with van der Waals surface area (Å²) in [5.41, 5.74) is 1.58.